The number of carbonyl (C=O) groups is 3. The number of aromatic nitrogens is 2. The van der Waals surface area contributed by atoms with Crippen LogP contribution >= 0.6 is 0 Å². The zero-order chi connectivity index (χ0) is 28.9. The second-order valence-corrected chi connectivity index (χ2v) is 10.1. The number of likely N-dealkylation sites (N-methyl/N-ethyl adjacent to an activating group) is 1. The number of nitrogens with one attached hydrogen (secondary N) is 2. The van der Waals surface area contributed by atoms with Gasteiger partial charge in [0.05, 0.1) is 49.8 Å². The summed E-state index contributed by atoms with van der Waals surface area (Å²) in [6.45, 7) is 6.46. The molecule has 1 aromatic rings. The molecule has 3 amide bonds. The SMILES string of the molecule is CC[C@H](C)[C@@H]([C@@H](CC(=O)N1CCC[C@H]1[C@H](OC)[C@@H](C)C(=O)NCCO)OC)N(C)C(=O)CNc1ncccn1. The number of aliphatic hydroxyl groups excluding tert-OH is 1. The van der Waals surface area contributed by atoms with Crippen molar-refractivity contribution in [2.75, 3.05) is 52.8 Å². The highest BCUT2D eigenvalue weighted by Gasteiger charge is 2.41. The van der Waals surface area contributed by atoms with Gasteiger partial charge in [-0.1, -0.05) is 27.2 Å². The Kier molecular flexibility index (Phi) is 13.5. The number of carbonyl (C=O) groups excluding carboxylic acids is 3. The summed E-state index contributed by atoms with van der Waals surface area (Å²) in [7, 11) is 4.84. The maximum Gasteiger partial charge on any atom is 0.242 e. The smallest absolute Gasteiger partial charge is 0.242 e. The van der Waals surface area contributed by atoms with Gasteiger partial charge in [0.15, 0.2) is 0 Å². The average Bonchev–Trinajstić information content (AvgIpc) is 3.44. The van der Waals surface area contributed by atoms with Gasteiger partial charge in [0, 0.05) is 46.8 Å². The number of methoxy groups -OCH3 is 2. The van der Waals surface area contributed by atoms with E-state index in [9.17, 15) is 14.4 Å². The fourth-order valence-corrected chi connectivity index (χ4v) is 5.34. The Balaban J connectivity index is 2.14. The van der Waals surface area contributed by atoms with E-state index < -0.39 is 18.1 Å². The Morgan fingerprint density at radius 1 is 1.21 bits per heavy atom. The zero-order valence-electron chi connectivity index (χ0n) is 24.1. The molecule has 12 nitrogen and oxygen atoms in total. The molecular formula is C27H46N6O6. The van der Waals surface area contributed by atoms with E-state index in [0.717, 1.165) is 19.3 Å². The summed E-state index contributed by atoms with van der Waals surface area (Å²) in [5, 5.41) is 14.7. The van der Waals surface area contributed by atoms with Crippen LogP contribution in [0.25, 0.3) is 0 Å². The Bertz CT molecular complexity index is 906. The van der Waals surface area contributed by atoms with Crippen LogP contribution < -0.4 is 10.6 Å². The van der Waals surface area contributed by atoms with Crippen molar-refractivity contribution in [3.05, 3.63) is 18.5 Å². The first kappa shape index (κ1) is 32.4. The van der Waals surface area contributed by atoms with Crippen LogP contribution in [0, 0.1) is 11.8 Å². The highest BCUT2D eigenvalue weighted by Crippen LogP contribution is 2.29. The van der Waals surface area contributed by atoms with Gasteiger partial charge in [-0.25, -0.2) is 9.97 Å². The minimum Gasteiger partial charge on any atom is -0.395 e. The third kappa shape index (κ3) is 8.84. The molecule has 0 bridgehead atoms. The number of amides is 3. The molecule has 6 atom stereocenters. The van der Waals surface area contributed by atoms with Gasteiger partial charge in [0.2, 0.25) is 23.7 Å². The van der Waals surface area contributed by atoms with E-state index >= 15 is 0 Å². The van der Waals surface area contributed by atoms with Gasteiger partial charge < -0.3 is 35.0 Å². The van der Waals surface area contributed by atoms with E-state index in [2.05, 4.69) is 20.6 Å². The summed E-state index contributed by atoms with van der Waals surface area (Å²) in [6.07, 6.45) is 4.60. The van der Waals surface area contributed by atoms with Crippen LogP contribution in [0.3, 0.4) is 0 Å². The van der Waals surface area contributed by atoms with Crippen LogP contribution in [0.15, 0.2) is 18.5 Å². The fourth-order valence-electron chi connectivity index (χ4n) is 5.34. The number of nitrogens with zero attached hydrogens (tertiary/aromatic N) is 4. The molecule has 0 aliphatic carbocycles. The molecule has 0 radical (unpaired) electrons. The van der Waals surface area contributed by atoms with Crippen LogP contribution in [0.5, 0.6) is 0 Å². The molecule has 1 aromatic heterocycles. The number of aliphatic hydroxyl groups is 1. The molecule has 0 aromatic carbocycles. The first-order valence-electron chi connectivity index (χ1n) is 13.7. The lowest BCUT2D eigenvalue weighted by molar-refractivity contribution is -0.145. The van der Waals surface area contributed by atoms with Gasteiger partial charge in [0.1, 0.15) is 0 Å². The summed E-state index contributed by atoms with van der Waals surface area (Å²) >= 11 is 0. The van der Waals surface area contributed by atoms with Crippen LogP contribution in [-0.2, 0) is 23.9 Å². The van der Waals surface area contributed by atoms with Crippen molar-refractivity contribution in [3.63, 3.8) is 0 Å². The highest BCUT2D eigenvalue weighted by molar-refractivity contribution is 5.81. The second kappa shape index (κ2) is 16.3. The van der Waals surface area contributed by atoms with Gasteiger partial charge in [-0.2, -0.15) is 0 Å². The van der Waals surface area contributed by atoms with Gasteiger partial charge >= 0.3 is 0 Å². The van der Waals surface area contributed by atoms with Crippen LogP contribution in [0.2, 0.25) is 0 Å². The molecule has 1 aliphatic rings. The molecule has 0 unspecified atom stereocenters. The molecule has 12 heteroatoms. The summed E-state index contributed by atoms with van der Waals surface area (Å²) < 4.78 is 11.6. The van der Waals surface area contributed by atoms with E-state index in [1.807, 2.05) is 13.8 Å². The Labute approximate surface area is 231 Å². The molecule has 2 rings (SSSR count). The van der Waals surface area contributed by atoms with E-state index in [1.54, 1.807) is 56.5 Å². The minimum atomic E-state index is -0.526. The van der Waals surface area contributed by atoms with Gasteiger partial charge in [-0.3, -0.25) is 14.4 Å². The molecule has 0 spiro atoms. The van der Waals surface area contributed by atoms with E-state index in [1.165, 1.54) is 0 Å². The van der Waals surface area contributed by atoms with Crippen molar-refractivity contribution in [3.8, 4) is 0 Å². The molecule has 1 aliphatic heterocycles. The standard InChI is InChI=1S/C27H46N6O6/c1-7-18(2)24(32(4)23(36)17-31-27-29-11-9-12-30-27)21(38-5)16-22(35)33-14-8-10-20(33)25(39-6)19(3)26(37)28-13-15-34/h9,11-12,18-21,24-25,34H,7-8,10,13-17H2,1-6H3,(H,28,37)(H,29,30,31)/t18-,19+,20-,21+,24-,25+/m0/s1. The lowest BCUT2D eigenvalue weighted by Gasteiger charge is -2.39. The van der Waals surface area contributed by atoms with E-state index in [4.69, 9.17) is 14.6 Å². The maximum absolute atomic E-state index is 13.7. The van der Waals surface area contributed by atoms with Crippen molar-refractivity contribution in [1.82, 2.24) is 25.1 Å². The minimum absolute atomic E-state index is 0.0117. The summed E-state index contributed by atoms with van der Waals surface area (Å²) in [4.78, 5) is 51.0. The largest absolute Gasteiger partial charge is 0.395 e. The summed E-state index contributed by atoms with van der Waals surface area (Å²) in [6, 6.07) is 1.11. The lowest BCUT2D eigenvalue weighted by Crippen LogP contribution is -2.53. The van der Waals surface area contributed by atoms with Crippen LogP contribution in [0.4, 0.5) is 5.95 Å². The molecule has 1 saturated heterocycles. The first-order chi connectivity index (χ1) is 18.7. The van der Waals surface area contributed by atoms with Gasteiger partial charge in [0.25, 0.3) is 0 Å². The zero-order valence-corrected chi connectivity index (χ0v) is 24.1. The highest BCUT2D eigenvalue weighted by atomic mass is 16.5. The quantitative estimate of drug-likeness (QED) is 0.273. The predicted molar refractivity (Wildman–Crippen MR) is 147 cm³/mol. The number of anilines is 1. The number of likely N-dealkylation sites (tertiary alicyclic amines) is 1. The molecule has 1 fully saturated rings. The summed E-state index contributed by atoms with van der Waals surface area (Å²) in [5.74, 6) is -0.555. The monoisotopic (exact) mass is 550 g/mol. The fraction of sp³-hybridized carbons (Fsp3) is 0.741. The van der Waals surface area contributed by atoms with Gasteiger partial charge in [-0.15, -0.1) is 0 Å². The van der Waals surface area contributed by atoms with E-state index in [0.29, 0.717) is 12.5 Å². The van der Waals surface area contributed by atoms with E-state index in [-0.39, 0.29) is 61.8 Å². The first-order valence-corrected chi connectivity index (χ1v) is 13.7. The Morgan fingerprint density at radius 2 is 1.90 bits per heavy atom. The molecular weight excluding hydrogens is 504 g/mol. The lowest BCUT2D eigenvalue weighted by atomic mass is 9.90. The molecule has 220 valence electrons. The van der Waals surface area contributed by atoms with Gasteiger partial charge in [-0.05, 0) is 24.8 Å². The molecule has 2 heterocycles. The number of ether oxygens (including phenoxy) is 2. The topological polar surface area (TPSA) is 146 Å². The van der Waals surface area contributed by atoms with Crippen molar-refractivity contribution >= 4 is 23.7 Å². The van der Waals surface area contributed by atoms with Crippen molar-refractivity contribution < 1.29 is 29.0 Å². The van der Waals surface area contributed by atoms with Crippen molar-refractivity contribution in [2.24, 2.45) is 11.8 Å². The van der Waals surface area contributed by atoms with Crippen LogP contribution in [-0.4, -0.2) is 114 Å². The Hall–Kier alpha value is -2.83. The van der Waals surface area contributed by atoms with Crippen molar-refractivity contribution in [1.29, 1.82) is 0 Å². The van der Waals surface area contributed by atoms with Crippen molar-refractivity contribution in [2.45, 2.75) is 70.7 Å². The van der Waals surface area contributed by atoms with Crippen LogP contribution in [0.1, 0.15) is 46.5 Å². The normalized spacial score (nSPS) is 19.1. The third-order valence-electron chi connectivity index (χ3n) is 7.68. The third-order valence-corrected chi connectivity index (χ3v) is 7.68. The number of hydrogen-bond acceptors (Lipinski definition) is 9. The summed E-state index contributed by atoms with van der Waals surface area (Å²) in [5.41, 5.74) is 0. The number of hydrogen-bond donors (Lipinski definition) is 3. The predicted octanol–water partition coefficient (Wildman–Crippen LogP) is 0.917. The maximum atomic E-state index is 13.7. The molecule has 39 heavy (non-hydrogen) atoms. The molecule has 3 N–H and O–H groups in total. The average molecular weight is 551 g/mol. The number of rotatable bonds is 16. The Morgan fingerprint density at radius 3 is 2.49 bits per heavy atom. The second-order valence-electron chi connectivity index (χ2n) is 10.1. The molecule has 0 saturated carbocycles.